The number of rotatable bonds is 8. The van der Waals surface area contributed by atoms with Gasteiger partial charge in [-0.15, -0.1) is 0 Å². The SMILES string of the molecule is COCCCn1c(SC(C)C(=O)c2cccc(Cl)c2)nc2ccccc2c1=O. The first kappa shape index (κ1) is 20.6. The van der Waals surface area contributed by atoms with Crippen molar-refractivity contribution in [1.29, 1.82) is 0 Å². The molecule has 0 saturated heterocycles. The van der Waals surface area contributed by atoms with Gasteiger partial charge in [-0.3, -0.25) is 14.2 Å². The Labute approximate surface area is 172 Å². The van der Waals surface area contributed by atoms with Crippen LogP contribution in [0.2, 0.25) is 5.02 Å². The summed E-state index contributed by atoms with van der Waals surface area (Å²) in [5.41, 5.74) is 1.06. The molecule has 146 valence electrons. The number of nitrogens with zero attached hydrogens (tertiary/aromatic N) is 2. The van der Waals surface area contributed by atoms with E-state index in [0.29, 0.717) is 46.2 Å². The molecule has 0 amide bonds. The molecule has 3 rings (SSSR count). The van der Waals surface area contributed by atoms with Crippen LogP contribution < -0.4 is 5.56 Å². The number of aromatic nitrogens is 2. The van der Waals surface area contributed by atoms with Crippen LogP contribution in [0.5, 0.6) is 0 Å². The molecule has 0 aliphatic rings. The lowest BCUT2D eigenvalue weighted by Crippen LogP contribution is -2.25. The van der Waals surface area contributed by atoms with Gasteiger partial charge in [-0.05, 0) is 37.6 Å². The number of ether oxygens (including phenoxy) is 1. The van der Waals surface area contributed by atoms with Gasteiger partial charge in [-0.25, -0.2) is 4.98 Å². The largest absolute Gasteiger partial charge is 0.385 e. The van der Waals surface area contributed by atoms with Gasteiger partial charge in [0.25, 0.3) is 5.56 Å². The molecule has 0 bridgehead atoms. The fraction of sp³-hybridized carbons (Fsp3) is 0.286. The number of hydrogen-bond acceptors (Lipinski definition) is 5. The Morgan fingerprint density at radius 2 is 2.04 bits per heavy atom. The minimum absolute atomic E-state index is 0.0571. The number of thioether (sulfide) groups is 1. The smallest absolute Gasteiger partial charge is 0.262 e. The van der Waals surface area contributed by atoms with Gasteiger partial charge in [0.1, 0.15) is 0 Å². The van der Waals surface area contributed by atoms with Gasteiger partial charge in [-0.2, -0.15) is 0 Å². The zero-order valence-electron chi connectivity index (χ0n) is 15.7. The van der Waals surface area contributed by atoms with E-state index in [1.165, 1.54) is 11.8 Å². The number of para-hydroxylation sites is 1. The third-order valence-electron chi connectivity index (χ3n) is 4.32. The fourth-order valence-electron chi connectivity index (χ4n) is 2.89. The van der Waals surface area contributed by atoms with Crippen molar-refractivity contribution in [3.63, 3.8) is 0 Å². The third-order valence-corrected chi connectivity index (χ3v) is 5.64. The summed E-state index contributed by atoms with van der Waals surface area (Å²) < 4.78 is 6.74. The van der Waals surface area contributed by atoms with Crippen molar-refractivity contribution < 1.29 is 9.53 Å². The summed E-state index contributed by atoms with van der Waals surface area (Å²) in [6.07, 6.45) is 0.681. The van der Waals surface area contributed by atoms with Crippen LogP contribution in [-0.4, -0.2) is 34.3 Å². The van der Waals surface area contributed by atoms with E-state index >= 15 is 0 Å². The van der Waals surface area contributed by atoms with Crippen LogP contribution >= 0.6 is 23.4 Å². The number of carbonyl (C=O) groups is 1. The molecule has 0 fully saturated rings. The van der Waals surface area contributed by atoms with Crippen LogP contribution in [0.3, 0.4) is 0 Å². The molecular weight excluding hydrogens is 396 g/mol. The Hall–Kier alpha value is -2.15. The fourth-order valence-corrected chi connectivity index (χ4v) is 4.09. The third kappa shape index (κ3) is 4.63. The van der Waals surface area contributed by atoms with E-state index in [1.54, 1.807) is 42.0 Å². The van der Waals surface area contributed by atoms with E-state index in [1.807, 2.05) is 25.1 Å². The molecule has 1 heterocycles. The number of hydrogen-bond donors (Lipinski definition) is 0. The summed E-state index contributed by atoms with van der Waals surface area (Å²) in [5, 5.41) is 1.20. The standard InChI is InChI=1S/C21H21ClN2O3S/c1-14(19(25)15-7-5-8-16(22)13-15)28-21-23-18-10-4-3-9-17(18)20(26)24(21)11-6-12-27-2/h3-5,7-10,13-14H,6,11-12H2,1-2H3. The highest BCUT2D eigenvalue weighted by atomic mass is 35.5. The lowest BCUT2D eigenvalue weighted by atomic mass is 10.1. The van der Waals surface area contributed by atoms with Gasteiger partial charge in [0.05, 0.1) is 16.2 Å². The van der Waals surface area contributed by atoms with Crippen LogP contribution in [0.25, 0.3) is 10.9 Å². The van der Waals surface area contributed by atoms with Gasteiger partial charge >= 0.3 is 0 Å². The summed E-state index contributed by atoms with van der Waals surface area (Å²) in [5.74, 6) is -0.0571. The van der Waals surface area contributed by atoms with Gasteiger partial charge < -0.3 is 4.74 Å². The van der Waals surface area contributed by atoms with Gasteiger partial charge in [0, 0.05) is 30.8 Å². The zero-order valence-corrected chi connectivity index (χ0v) is 17.3. The Morgan fingerprint density at radius 3 is 2.79 bits per heavy atom. The van der Waals surface area contributed by atoms with E-state index in [2.05, 4.69) is 4.98 Å². The first-order valence-corrected chi connectivity index (χ1v) is 10.2. The predicted molar refractivity (Wildman–Crippen MR) is 114 cm³/mol. The summed E-state index contributed by atoms with van der Waals surface area (Å²) in [4.78, 5) is 30.4. The molecule has 1 aromatic heterocycles. The summed E-state index contributed by atoms with van der Waals surface area (Å²) in [7, 11) is 1.63. The van der Waals surface area contributed by atoms with Crippen molar-refractivity contribution in [1.82, 2.24) is 9.55 Å². The second-order valence-electron chi connectivity index (χ2n) is 6.35. The predicted octanol–water partition coefficient (Wildman–Crippen LogP) is 4.45. The van der Waals surface area contributed by atoms with E-state index in [0.717, 1.165) is 0 Å². The molecule has 0 N–H and O–H groups in total. The van der Waals surface area contributed by atoms with Gasteiger partial charge in [0.15, 0.2) is 10.9 Å². The number of carbonyl (C=O) groups excluding carboxylic acids is 1. The maximum absolute atomic E-state index is 13.0. The lowest BCUT2D eigenvalue weighted by molar-refractivity contribution is 0.0994. The Morgan fingerprint density at radius 1 is 1.25 bits per heavy atom. The topological polar surface area (TPSA) is 61.2 Å². The number of fused-ring (bicyclic) bond motifs is 1. The molecule has 0 spiro atoms. The number of ketones is 1. The first-order valence-electron chi connectivity index (χ1n) is 8.96. The van der Waals surface area contributed by atoms with Crippen molar-refractivity contribution >= 4 is 40.0 Å². The van der Waals surface area contributed by atoms with Gasteiger partial charge in [-0.1, -0.05) is 47.6 Å². The molecule has 3 aromatic rings. The van der Waals surface area contributed by atoms with E-state index in [9.17, 15) is 9.59 Å². The van der Waals surface area contributed by atoms with Gasteiger partial charge in [0.2, 0.25) is 0 Å². The normalized spacial score (nSPS) is 12.2. The van der Waals surface area contributed by atoms with Crippen molar-refractivity contribution in [2.45, 2.75) is 30.3 Å². The van der Waals surface area contributed by atoms with Crippen molar-refractivity contribution in [3.05, 3.63) is 69.5 Å². The molecule has 1 unspecified atom stereocenters. The van der Waals surface area contributed by atoms with Crippen LogP contribution in [-0.2, 0) is 11.3 Å². The number of methoxy groups -OCH3 is 1. The Kier molecular flexibility index (Phi) is 6.88. The van der Waals surface area contributed by atoms with Crippen molar-refractivity contribution in [2.75, 3.05) is 13.7 Å². The minimum atomic E-state index is -0.416. The second kappa shape index (κ2) is 9.37. The second-order valence-corrected chi connectivity index (χ2v) is 8.09. The van der Waals surface area contributed by atoms with Crippen molar-refractivity contribution in [3.8, 4) is 0 Å². The van der Waals surface area contributed by atoms with Crippen LogP contribution in [0.15, 0.2) is 58.5 Å². The van der Waals surface area contributed by atoms with Crippen molar-refractivity contribution in [2.24, 2.45) is 0 Å². The Balaban J connectivity index is 1.95. The van der Waals surface area contributed by atoms with Crippen LogP contribution in [0, 0.1) is 0 Å². The summed E-state index contributed by atoms with van der Waals surface area (Å²) >= 11 is 7.29. The molecule has 0 saturated carbocycles. The maximum atomic E-state index is 13.0. The highest BCUT2D eigenvalue weighted by molar-refractivity contribution is 8.00. The Bertz CT molecular complexity index is 1050. The molecule has 7 heteroatoms. The van der Waals surface area contributed by atoms with E-state index in [-0.39, 0.29) is 11.3 Å². The highest BCUT2D eigenvalue weighted by Gasteiger charge is 2.20. The molecule has 28 heavy (non-hydrogen) atoms. The van der Waals surface area contributed by atoms with Crippen LogP contribution in [0.4, 0.5) is 0 Å². The lowest BCUT2D eigenvalue weighted by Gasteiger charge is -2.16. The summed E-state index contributed by atoms with van der Waals surface area (Å²) in [6, 6.07) is 14.1. The molecular formula is C21H21ClN2O3S. The van der Waals surface area contributed by atoms with E-state index < -0.39 is 5.25 Å². The molecule has 0 aliphatic heterocycles. The number of benzene rings is 2. The highest BCUT2D eigenvalue weighted by Crippen LogP contribution is 2.26. The maximum Gasteiger partial charge on any atom is 0.262 e. The zero-order chi connectivity index (χ0) is 20.1. The van der Waals surface area contributed by atoms with E-state index in [4.69, 9.17) is 16.3 Å². The van der Waals surface area contributed by atoms with Crippen LogP contribution in [0.1, 0.15) is 23.7 Å². The molecule has 1 atom stereocenters. The first-order chi connectivity index (χ1) is 13.5. The monoisotopic (exact) mass is 416 g/mol. The molecule has 0 radical (unpaired) electrons. The quantitative estimate of drug-likeness (QED) is 0.235. The molecule has 0 aliphatic carbocycles. The number of halogens is 1. The minimum Gasteiger partial charge on any atom is -0.385 e. The average Bonchev–Trinajstić information content (AvgIpc) is 2.69. The number of Topliss-reactive ketones (excluding diaryl/α,β-unsaturated/α-hetero) is 1. The summed E-state index contributed by atoms with van der Waals surface area (Å²) in [6.45, 7) is 2.83. The average molecular weight is 417 g/mol. The molecule has 5 nitrogen and oxygen atoms in total. The molecule has 2 aromatic carbocycles.